The van der Waals surface area contributed by atoms with E-state index in [0.717, 1.165) is 18.5 Å². The van der Waals surface area contributed by atoms with Crippen molar-refractivity contribution in [1.29, 1.82) is 0 Å². The molecule has 0 aliphatic carbocycles. The molecule has 0 aromatic heterocycles. The van der Waals surface area contributed by atoms with E-state index in [-0.39, 0.29) is 5.97 Å². The molecule has 3 N–H and O–H groups in total. The van der Waals surface area contributed by atoms with Gasteiger partial charge in [-0.25, -0.2) is 4.79 Å². The first kappa shape index (κ1) is 14.3. The second-order valence-electron chi connectivity index (χ2n) is 3.86. The highest BCUT2D eigenvalue weighted by molar-refractivity contribution is 5.91. The van der Waals surface area contributed by atoms with Crippen LogP contribution in [0.4, 0.5) is 5.69 Å². The van der Waals surface area contributed by atoms with Crippen molar-refractivity contribution >= 4 is 17.7 Å². The average molecular weight is 248 g/mol. The topological polar surface area (TPSA) is 64.3 Å². The summed E-state index contributed by atoms with van der Waals surface area (Å²) in [5, 5.41) is 3.06. The van der Waals surface area contributed by atoms with Gasteiger partial charge < -0.3 is 15.8 Å². The summed E-state index contributed by atoms with van der Waals surface area (Å²) in [5.41, 5.74) is 7.89. The fraction of sp³-hybridized carbons (Fsp3) is 0.357. The normalized spacial score (nSPS) is 10.8. The van der Waals surface area contributed by atoms with Crippen LogP contribution < -0.4 is 11.1 Å². The standard InChI is InChI=1S/C14H20N2O2/c1-3-18-14(17)12-7-8-13(15)11(10-12)6-4-5-9-16-2/h4,6-8,10,16H,3,5,9,15H2,1-2H3. The number of nitrogen functional groups attached to an aromatic ring is 1. The minimum Gasteiger partial charge on any atom is -0.462 e. The van der Waals surface area contributed by atoms with Crippen LogP contribution in [-0.2, 0) is 4.74 Å². The Hall–Kier alpha value is -1.81. The van der Waals surface area contributed by atoms with Crippen LogP contribution in [0.25, 0.3) is 6.08 Å². The summed E-state index contributed by atoms with van der Waals surface area (Å²) in [6.45, 7) is 3.07. The maximum atomic E-state index is 11.6. The Morgan fingerprint density at radius 2 is 2.28 bits per heavy atom. The van der Waals surface area contributed by atoms with E-state index in [1.54, 1.807) is 25.1 Å². The Kier molecular flexibility index (Phi) is 5.94. The highest BCUT2D eigenvalue weighted by Crippen LogP contribution is 2.17. The highest BCUT2D eigenvalue weighted by atomic mass is 16.5. The summed E-state index contributed by atoms with van der Waals surface area (Å²) in [5.74, 6) is -0.317. The van der Waals surface area contributed by atoms with E-state index in [4.69, 9.17) is 10.5 Å². The number of hydrogen-bond donors (Lipinski definition) is 2. The van der Waals surface area contributed by atoms with Crippen molar-refractivity contribution in [2.24, 2.45) is 0 Å². The van der Waals surface area contributed by atoms with Gasteiger partial charge in [0.2, 0.25) is 0 Å². The molecule has 98 valence electrons. The number of ether oxygens (including phenoxy) is 1. The molecule has 4 heteroatoms. The molecular formula is C14H20N2O2. The molecule has 0 heterocycles. The molecule has 0 saturated heterocycles. The quantitative estimate of drug-likeness (QED) is 0.459. The van der Waals surface area contributed by atoms with Crippen molar-refractivity contribution in [1.82, 2.24) is 5.32 Å². The Bertz CT molecular complexity index is 428. The number of nitrogens with one attached hydrogen (secondary N) is 1. The third kappa shape index (κ3) is 4.22. The van der Waals surface area contributed by atoms with E-state index in [1.807, 2.05) is 19.2 Å². The monoisotopic (exact) mass is 248 g/mol. The molecule has 0 amide bonds. The number of rotatable bonds is 6. The minimum absolute atomic E-state index is 0.317. The average Bonchev–Trinajstić information content (AvgIpc) is 2.37. The fourth-order valence-electron chi connectivity index (χ4n) is 1.50. The molecule has 1 rings (SSSR count). The predicted molar refractivity (Wildman–Crippen MR) is 74.4 cm³/mol. The summed E-state index contributed by atoms with van der Waals surface area (Å²) in [4.78, 5) is 11.6. The van der Waals surface area contributed by atoms with Gasteiger partial charge in [0.05, 0.1) is 12.2 Å². The number of nitrogens with two attached hydrogens (primary N) is 1. The Balaban J connectivity index is 2.81. The SMILES string of the molecule is CCOC(=O)c1ccc(N)c(C=CCCNC)c1. The van der Waals surface area contributed by atoms with Gasteiger partial charge in [0.25, 0.3) is 0 Å². The molecule has 0 bridgehead atoms. The zero-order chi connectivity index (χ0) is 13.4. The van der Waals surface area contributed by atoms with Crippen LogP contribution in [0.2, 0.25) is 0 Å². The van der Waals surface area contributed by atoms with Crippen molar-refractivity contribution in [2.45, 2.75) is 13.3 Å². The maximum absolute atomic E-state index is 11.6. The summed E-state index contributed by atoms with van der Waals surface area (Å²) >= 11 is 0. The van der Waals surface area contributed by atoms with Crippen LogP contribution in [0.15, 0.2) is 24.3 Å². The molecule has 0 unspecified atom stereocenters. The van der Waals surface area contributed by atoms with Gasteiger partial charge in [-0.2, -0.15) is 0 Å². The Labute approximate surface area is 108 Å². The molecule has 0 saturated carbocycles. The number of benzene rings is 1. The van der Waals surface area contributed by atoms with Crippen LogP contribution in [-0.4, -0.2) is 26.2 Å². The predicted octanol–water partition coefficient (Wildman–Crippen LogP) is 2.07. The third-order valence-electron chi connectivity index (χ3n) is 2.46. The van der Waals surface area contributed by atoms with Gasteiger partial charge in [-0.1, -0.05) is 12.2 Å². The lowest BCUT2D eigenvalue weighted by atomic mass is 10.1. The molecule has 0 aliphatic heterocycles. The number of carbonyl (C=O) groups is 1. The van der Waals surface area contributed by atoms with Crippen molar-refractivity contribution in [3.63, 3.8) is 0 Å². The van der Waals surface area contributed by atoms with Crippen molar-refractivity contribution < 1.29 is 9.53 Å². The van der Waals surface area contributed by atoms with Crippen LogP contribution in [0, 0.1) is 0 Å². The third-order valence-corrected chi connectivity index (χ3v) is 2.46. The number of esters is 1. The minimum atomic E-state index is -0.317. The van der Waals surface area contributed by atoms with E-state index in [9.17, 15) is 4.79 Å². The van der Waals surface area contributed by atoms with Crippen LogP contribution >= 0.6 is 0 Å². The maximum Gasteiger partial charge on any atom is 0.338 e. The molecule has 0 spiro atoms. The second kappa shape index (κ2) is 7.50. The van der Waals surface area contributed by atoms with Crippen molar-refractivity contribution in [3.05, 3.63) is 35.4 Å². The first-order valence-electron chi connectivity index (χ1n) is 6.06. The highest BCUT2D eigenvalue weighted by Gasteiger charge is 2.07. The van der Waals surface area contributed by atoms with E-state index in [1.165, 1.54) is 0 Å². The molecule has 1 aromatic rings. The number of carbonyl (C=O) groups excluding carboxylic acids is 1. The number of anilines is 1. The van der Waals surface area contributed by atoms with Gasteiger partial charge in [-0.05, 0) is 50.7 Å². The molecule has 4 nitrogen and oxygen atoms in total. The largest absolute Gasteiger partial charge is 0.462 e. The van der Waals surface area contributed by atoms with Crippen molar-refractivity contribution in [2.75, 3.05) is 25.9 Å². The van der Waals surface area contributed by atoms with E-state index < -0.39 is 0 Å². The van der Waals surface area contributed by atoms with E-state index in [2.05, 4.69) is 5.32 Å². The smallest absolute Gasteiger partial charge is 0.338 e. The van der Waals surface area contributed by atoms with Gasteiger partial charge in [-0.15, -0.1) is 0 Å². The molecule has 0 aliphatic rings. The zero-order valence-electron chi connectivity index (χ0n) is 10.9. The van der Waals surface area contributed by atoms with Gasteiger partial charge in [0, 0.05) is 5.69 Å². The summed E-state index contributed by atoms with van der Waals surface area (Å²) < 4.78 is 4.95. The summed E-state index contributed by atoms with van der Waals surface area (Å²) in [6.07, 6.45) is 4.87. The van der Waals surface area contributed by atoms with E-state index in [0.29, 0.717) is 17.9 Å². The van der Waals surface area contributed by atoms with Crippen LogP contribution in [0.3, 0.4) is 0 Å². The van der Waals surface area contributed by atoms with Gasteiger partial charge in [0.1, 0.15) is 0 Å². The Morgan fingerprint density at radius 3 is 2.94 bits per heavy atom. The fourth-order valence-corrected chi connectivity index (χ4v) is 1.50. The summed E-state index contributed by atoms with van der Waals surface area (Å²) in [6, 6.07) is 5.16. The lowest BCUT2D eigenvalue weighted by molar-refractivity contribution is 0.0526. The van der Waals surface area contributed by atoms with Gasteiger partial charge in [-0.3, -0.25) is 0 Å². The molecular weight excluding hydrogens is 228 g/mol. The molecule has 0 fully saturated rings. The lowest BCUT2D eigenvalue weighted by Gasteiger charge is -2.05. The Morgan fingerprint density at radius 1 is 1.50 bits per heavy atom. The molecule has 18 heavy (non-hydrogen) atoms. The zero-order valence-corrected chi connectivity index (χ0v) is 10.9. The molecule has 0 radical (unpaired) electrons. The second-order valence-corrected chi connectivity index (χ2v) is 3.86. The van der Waals surface area contributed by atoms with Gasteiger partial charge >= 0.3 is 5.97 Å². The molecule has 1 aromatic carbocycles. The van der Waals surface area contributed by atoms with Crippen molar-refractivity contribution in [3.8, 4) is 0 Å². The molecule has 0 atom stereocenters. The summed E-state index contributed by atoms with van der Waals surface area (Å²) in [7, 11) is 1.91. The van der Waals surface area contributed by atoms with Gasteiger partial charge in [0.15, 0.2) is 0 Å². The first-order valence-corrected chi connectivity index (χ1v) is 6.06. The first-order chi connectivity index (χ1) is 8.69. The van der Waals surface area contributed by atoms with E-state index >= 15 is 0 Å². The lowest BCUT2D eigenvalue weighted by Crippen LogP contribution is -2.06. The van der Waals surface area contributed by atoms with Crippen LogP contribution in [0.1, 0.15) is 29.3 Å². The van der Waals surface area contributed by atoms with Crippen LogP contribution in [0.5, 0.6) is 0 Å². The number of hydrogen-bond acceptors (Lipinski definition) is 4.